The van der Waals surface area contributed by atoms with Crippen LogP contribution in [0, 0.1) is 5.92 Å². The van der Waals surface area contributed by atoms with E-state index in [0.29, 0.717) is 5.92 Å². The second kappa shape index (κ2) is 4.84. The van der Waals surface area contributed by atoms with Gasteiger partial charge in [0.25, 0.3) is 0 Å². The van der Waals surface area contributed by atoms with Gasteiger partial charge in [-0.2, -0.15) is 0 Å². The fourth-order valence-electron chi connectivity index (χ4n) is 2.24. The lowest BCUT2D eigenvalue weighted by Gasteiger charge is -2.27. The Bertz CT molecular complexity index is 286. The van der Waals surface area contributed by atoms with Crippen molar-refractivity contribution < 1.29 is 4.79 Å². The molecule has 0 aromatic rings. The van der Waals surface area contributed by atoms with Crippen LogP contribution in [0.25, 0.3) is 0 Å². The van der Waals surface area contributed by atoms with Crippen molar-refractivity contribution in [3.8, 4) is 0 Å². The summed E-state index contributed by atoms with van der Waals surface area (Å²) in [5, 5.41) is 6.67. The molecule has 1 spiro atoms. The topological polar surface area (TPSA) is 44.4 Å². The minimum Gasteiger partial charge on any atom is -0.335 e. The number of nitrogens with zero attached hydrogens (tertiary/aromatic N) is 1. The maximum atomic E-state index is 12.2. The van der Waals surface area contributed by atoms with Crippen molar-refractivity contribution >= 4 is 6.03 Å². The third-order valence-corrected chi connectivity index (χ3v) is 4.09. The van der Waals surface area contributed by atoms with Gasteiger partial charge in [-0.3, -0.25) is 0 Å². The molecule has 2 N–H and O–H groups in total. The minimum atomic E-state index is 0.112. The smallest absolute Gasteiger partial charge is 0.317 e. The number of hydrogen-bond acceptors (Lipinski definition) is 2. The van der Waals surface area contributed by atoms with Gasteiger partial charge < -0.3 is 15.5 Å². The highest BCUT2D eigenvalue weighted by Crippen LogP contribution is 2.37. The van der Waals surface area contributed by atoms with Gasteiger partial charge in [0.05, 0.1) is 0 Å². The van der Waals surface area contributed by atoms with E-state index in [0.717, 1.165) is 26.1 Å². The van der Waals surface area contributed by atoms with Crippen molar-refractivity contribution in [2.75, 3.05) is 19.6 Å². The van der Waals surface area contributed by atoms with E-state index < -0.39 is 0 Å². The molecule has 1 heterocycles. The second-order valence-corrected chi connectivity index (χ2v) is 5.96. The lowest BCUT2D eigenvalue weighted by Crippen LogP contribution is -2.49. The molecule has 1 atom stereocenters. The fraction of sp³-hybridized carbons (Fsp3) is 0.923. The number of hydrogen-bond donors (Lipinski definition) is 2. The molecule has 0 radical (unpaired) electrons. The molecule has 2 fully saturated rings. The summed E-state index contributed by atoms with van der Waals surface area (Å²) in [4.78, 5) is 14.2. The molecule has 4 nitrogen and oxygen atoms in total. The van der Waals surface area contributed by atoms with Crippen LogP contribution in [0.2, 0.25) is 0 Å². The Labute approximate surface area is 104 Å². The maximum absolute atomic E-state index is 12.2. The summed E-state index contributed by atoms with van der Waals surface area (Å²) in [5.74, 6) is 0.485. The summed E-state index contributed by atoms with van der Waals surface area (Å²) in [6.45, 7) is 9.15. The molecule has 2 rings (SSSR count). The lowest BCUT2D eigenvalue weighted by molar-refractivity contribution is 0.188. The molecule has 1 unspecified atom stereocenters. The van der Waals surface area contributed by atoms with Gasteiger partial charge in [-0.1, -0.05) is 13.8 Å². The molecule has 1 aliphatic carbocycles. The van der Waals surface area contributed by atoms with Crippen molar-refractivity contribution in [2.45, 2.75) is 51.6 Å². The van der Waals surface area contributed by atoms with Gasteiger partial charge in [-0.25, -0.2) is 4.79 Å². The molecule has 0 bridgehead atoms. The number of carbonyl (C=O) groups is 1. The Morgan fingerprint density at radius 1 is 1.35 bits per heavy atom. The van der Waals surface area contributed by atoms with Gasteiger partial charge in [0.15, 0.2) is 0 Å². The lowest BCUT2D eigenvalue weighted by atomic mass is 10.1. The number of amides is 2. The van der Waals surface area contributed by atoms with Crippen LogP contribution >= 0.6 is 0 Å². The molecule has 2 amide bonds. The van der Waals surface area contributed by atoms with Crippen molar-refractivity contribution in [1.82, 2.24) is 15.5 Å². The standard InChI is InChI=1S/C13H25N3O/c1-10(2)11(3)15-12(17)16-8-4-7-14-13(9-16)5-6-13/h10-11,14H,4-9H2,1-3H3,(H,15,17). The Morgan fingerprint density at radius 3 is 2.65 bits per heavy atom. The monoisotopic (exact) mass is 239 g/mol. The number of rotatable bonds is 2. The molecule has 98 valence electrons. The van der Waals surface area contributed by atoms with Gasteiger partial charge in [0.1, 0.15) is 0 Å². The zero-order valence-corrected chi connectivity index (χ0v) is 11.3. The predicted octanol–water partition coefficient (Wildman–Crippen LogP) is 1.57. The van der Waals surface area contributed by atoms with Gasteiger partial charge >= 0.3 is 6.03 Å². The normalized spacial score (nSPS) is 24.6. The Balaban J connectivity index is 1.89. The number of nitrogens with one attached hydrogen (secondary N) is 2. The highest BCUT2D eigenvalue weighted by Gasteiger charge is 2.45. The molecule has 1 saturated carbocycles. The van der Waals surface area contributed by atoms with Gasteiger partial charge in [0.2, 0.25) is 0 Å². The van der Waals surface area contributed by atoms with E-state index in [1.807, 2.05) is 4.90 Å². The van der Waals surface area contributed by atoms with Crippen LogP contribution in [-0.2, 0) is 0 Å². The van der Waals surface area contributed by atoms with Crippen LogP contribution in [0.1, 0.15) is 40.0 Å². The zero-order valence-electron chi connectivity index (χ0n) is 11.3. The molecule has 1 aliphatic heterocycles. The quantitative estimate of drug-likeness (QED) is 0.768. The molecule has 17 heavy (non-hydrogen) atoms. The largest absolute Gasteiger partial charge is 0.335 e. The van der Waals surface area contributed by atoms with E-state index >= 15 is 0 Å². The van der Waals surface area contributed by atoms with E-state index in [4.69, 9.17) is 0 Å². The van der Waals surface area contributed by atoms with Crippen molar-refractivity contribution in [3.63, 3.8) is 0 Å². The van der Waals surface area contributed by atoms with Crippen LogP contribution in [0.3, 0.4) is 0 Å². The van der Waals surface area contributed by atoms with E-state index in [1.54, 1.807) is 0 Å². The summed E-state index contributed by atoms with van der Waals surface area (Å²) in [5.41, 5.74) is 0.259. The highest BCUT2D eigenvalue weighted by atomic mass is 16.2. The van der Waals surface area contributed by atoms with Gasteiger partial charge in [-0.05, 0) is 38.6 Å². The van der Waals surface area contributed by atoms with E-state index in [2.05, 4.69) is 31.4 Å². The molecular formula is C13H25N3O. The van der Waals surface area contributed by atoms with Crippen LogP contribution in [-0.4, -0.2) is 42.1 Å². The average molecular weight is 239 g/mol. The van der Waals surface area contributed by atoms with E-state index in [1.165, 1.54) is 12.8 Å². The minimum absolute atomic E-state index is 0.112. The zero-order chi connectivity index (χ0) is 12.5. The number of urea groups is 1. The van der Waals surface area contributed by atoms with E-state index in [9.17, 15) is 4.79 Å². The third kappa shape index (κ3) is 3.12. The molecule has 4 heteroatoms. The molecular weight excluding hydrogens is 214 g/mol. The summed E-state index contributed by atoms with van der Waals surface area (Å²) >= 11 is 0. The fourth-order valence-corrected chi connectivity index (χ4v) is 2.24. The molecule has 1 saturated heterocycles. The Hall–Kier alpha value is -0.770. The Kier molecular flexibility index (Phi) is 3.61. The van der Waals surface area contributed by atoms with Gasteiger partial charge in [-0.15, -0.1) is 0 Å². The van der Waals surface area contributed by atoms with E-state index in [-0.39, 0.29) is 17.6 Å². The van der Waals surface area contributed by atoms with Crippen molar-refractivity contribution in [3.05, 3.63) is 0 Å². The second-order valence-electron chi connectivity index (χ2n) is 5.96. The van der Waals surface area contributed by atoms with Crippen LogP contribution in [0.5, 0.6) is 0 Å². The maximum Gasteiger partial charge on any atom is 0.317 e. The van der Waals surface area contributed by atoms with Crippen molar-refractivity contribution in [2.24, 2.45) is 5.92 Å². The highest BCUT2D eigenvalue weighted by molar-refractivity contribution is 5.74. The van der Waals surface area contributed by atoms with Crippen LogP contribution < -0.4 is 10.6 Å². The van der Waals surface area contributed by atoms with Crippen molar-refractivity contribution in [1.29, 1.82) is 0 Å². The first-order valence-corrected chi connectivity index (χ1v) is 6.83. The average Bonchev–Trinajstić information content (AvgIpc) is 3.06. The van der Waals surface area contributed by atoms with Crippen LogP contribution in [0.4, 0.5) is 4.79 Å². The first-order valence-electron chi connectivity index (χ1n) is 6.83. The number of carbonyl (C=O) groups excluding carboxylic acids is 1. The third-order valence-electron chi connectivity index (χ3n) is 4.09. The summed E-state index contributed by atoms with van der Waals surface area (Å²) < 4.78 is 0. The van der Waals surface area contributed by atoms with Crippen LogP contribution in [0.15, 0.2) is 0 Å². The summed E-state index contributed by atoms with van der Waals surface area (Å²) in [6, 6.07) is 0.357. The molecule has 0 aromatic carbocycles. The summed E-state index contributed by atoms with van der Waals surface area (Å²) in [6.07, 6.45) is 3.50. The first kappa shape index (κ1) is 12.7. The first-order chi connectivity index (χ1) is 8.02. The van der Waals surface area contributed by atoms with Gasteiger partial charge in [0, 0.05) is 24.7 Å². The SMILES string of the molecule is CC(C)C(C)NC(=O)N1CCCNC2(CC2)C1. The molecule has 2 aliphatic rings. The molecule has 0 aromatic heterocycles. The Morgan fingerprint density at radius 2 is 2.06 bits per heavy atom. The summed E-state index contributed by atoms with van der Waals surface area (Å²) in [7, 11) is 0. The predicted molar refractivity (Wildman–Crippen MR) is 69.0 cm³/mol.